The van der Waals surface area contributed by atoms with Crippen molar-refractivity contribution in [2.45, 2.75) is 25.3 Å². The van der Waals surface area contributed by atoms with Gasteiger partial charge in [0.2, 0.25) is 5.91 Å². The summed E-state index contributed by atoms with van der Waals surface area (Å²) in [7, 11) is 0. The van der Waals surface area contributed by atoms with Gasteiger partial charge in [-0.2, -0.15) is 5.10 Å². The molecule has 4 N–H and O–H groups in total. The fourth-order valence-corrected chi connectivity index (χ4v) is 1.83. The molecule has 1 saturated carbocycles. The highest BCUT2D eigenvalue weighted by atomic mass is 35.5. The molecule has 1 aliphatic rings. The average molecular weight is 294 g/mol. The normalized spacial score (nSPS) is 15.3. The van der Waals surface area contributed by atoms with Gasteiger partial charge >= 0.3 is 0 Å². The zero-order chi connectivity index (χ0) is 13.5. The second kappa shape index (κ2) is 5.22. The number of nitrogens with two attached hydrogens (primary N) is 1. The molecule has 0 atom stereocenters. The number of amides is 1. The van der Waals surface area contributed by atoms with E-state index in [4.69, 9.17) is 5.73 Å². The number of halogens is 1. The molecule has 1 aromatic heterocycles. The predicted molar refractivity (Wildman–Crippen MR) is 78.6 cm³/mol. The van der Waals surface area contributed by atoms with E-state index in [0.717, 1.165) is 24.2 Å². The summed E-state index contributed by atoms with van der Waals surface area (Å²) in [6.07, 6.45) is 1.50. The van der Waals surface area contributed by atoms with Gasteiger partial charge in [0, 0.05) is 11.3 Å². The van der Waals surface area contributed by atoms with Gasteiger partial charge in [-0.05, 0) is 31.9 Å². The Morgan fingerprint density at radius 1 is 1.45 bits per heavy atom. The Bertz CT molecular complexity index is 635. The van der Waals surface area contributed by atoms with Gasteiger partial charge in [-0.25, -0.2) is 4.98 Å². The van der Waals surface area contributed by atoms with E-state index < -0.39 is 5.54 Å². The van der Waals surface area contributed by atoms with Gasteiger partial charge in [0.25, 0.3) is 0 Å². The quantitative estimate of drug-likeness (QED) is 0.801. The van der Waals surface area contributed by atoms with Crippen LogP contribution in [0, 0.1) is 6.92 Å². The van der Waals surface area contributed by atoms with Crippen LogP contribution in [0.3, 0.4) is 0 Å². The number of hydrogen-bond acceptors (Lipinski definition) is 4. The number of aromatic amines is 1. The molecule has 6 nitrogen and oxygen atoms in total. The number of carbonyl (C=O) groups excluding carboxylic acids is 1. The van der Waals surface area contributed by atoms with E-state index in [1.165, 1.54) is 0 Å². The van der Waals surface area contributed by atoms with Crippen LogP contribution in [-0.2, 0) is 4.79 Å². The molecule has 2 aromatic rings. The minimum absolute atomic E-state index is 0. The van der Waals surface area contributed by atoms with Gasteiger partial charge in [0.15, 0.2) is 5.82 Å². The maximum absolute atomic E-state index is 11.9. The Morgan fingerprint density at radius 3 is 2.80 bits per heavy atom. The van der Waals surface area contributed by atoms with Crippen LogP contribution in [0.1, 0.15) is 18.7 Å². The van der Waals surface area contributed by atoms with Crippen LogP contribution in [0.4, 0.5) is 5.69 Å². The largest absolute Gasteiger partial charge is 0.324 e. The Hall–Kier alpha value is -1.92. The minimum Gasteiger partial charge on any atom is -0.324 e. The topological polar surface area (TPSA) is 96.7 Å². The minimum atomic E-state index is -0.669. The molecule has 106 valence electrons. The van der Waals surface area contributed by atoms with Gasteiger partial charge < -0.3 is 11.1 Å². The molecule has 7 heteroatoms. The predicted octanol–water partition coefficient (Wildman–Crippen LogP) is 1.63. The Labute approximate surface area is 122 Å². The molecule has 0 unspecified atom stereocenters. The van der Waals surface area contributed by atoms with Crippen molar-refractivity contribution in [3.8, 4) is 11.4 Å². The van der Waals surface area contributed by atoms with Crippen molar-refractivity contribution in [1.29, 1.82) is 0 Å². The number of hydrogen-bond donors (Lipinski definition) is 3. The van der Waals surface area contributed by atoms with Crippen LogP contribution < -0.4 is 11.1 Å². The van der Waals surface area contributed by atoms with Crippen LogP contribution in [0.2, 0.25) is 0 Å². The fourth-order valence-electron chi connectivity index (χ4n) is 1.83. The first-order valence-corrected chi connectivity index (χ1v) is 6.17. The van der Waals surface area contributed by atoms with E-state index in [-0.39, 0.29) is 18.3 Å². The molecule has 1 fully saturated rings. The first-order valence-electron chi connectivity index (χ1n) is 6.17. The molecule has 3 rings (SSSR count). The smallest absolute Gasteiger partial charge is 0.244 e. The second-order valence-corrected chi connectivity index (χ2v) is 4.94. The standard InChI is InChI=1S/C13H15N5O.ClH/c1-8-15-11(18-17-8)9-3-2-4-10(7-9)16-12(19)13(14)5-6-13;/h2-4,7H,5-6,14H2,1H3,(H,16,19)(H,15,17,18);1H. The third kappa shape index (κ3) is 2.81. The van der Waals surface area contributed by atoms with Crippen LogP contribution in [0.25, 0.3) is 11.4 Å². The highest BCUT2D eigenvalue weighted by molar-refractivity contribution is 6.00. The Balaban J connectivity index is 0.00000147. The number of aromatic nitrogens is 3. The lowest BCUT2D eigenvalue weighted by Gasteiger charge is -2.10. The number of nitrogens with one attached hydrogen (secondary N) is 2. The van der Waals surface area contributed by atoms with Crippen molar-refractivity contribution in [1.82, 2.24) is 15.2 Å². The van der Waals surface area contributed by atoms with Crippen molar-refractivity contribution in [2.75, 3.05) is 5.32 Å². The maximum atomic E-state index is 11.9. The number of carbonyl (C=O) groups is 1. The first kappa shape index (κ1) is 14.5. The molecule has 1 amide bonds. The highest BCUT2D eigenvalue weighted by Crippen LogP contribution is 2.33. The number of aryl methyl sites for hydroxylation is 1. The van der Waals surface area contributed by atoms with Gasteiger partial charge in [-0.1, -0.05) is 12.1 Å². The fraction of sp³-hybridized carbons (Fsp3) is 0.308. The summed E-state index contributed by atoms with van der Waals surface area (Å²) < 4.78 is 0. The number of anilines is 1. The maximum Gasteiger partial charge on any atom is 0.244 e. The van der Waals surface area contributed by atoms with Gasteiger partial charge in [-0.3, -0.25) is 9.89 Å². The summed E-state index contributed by atoms with van der Waals surface area (Å²) in [6.45, 7) is 1.84. The number of rotatable bonds is 3. The van der Waals surface area contributed by atoms with E-state index in [9.17, 15) is 4.79 Å². The second-order valence-electron chi connectivity index (χ2n) is 4.94. The van der Waals surface area contributed by atoms with Crippen molar-refractivity contribution in [2.24, 2.45) is 5.73 Å². The summed E-state index contributed by atoms with van der Waals surface area (Å²) in [5, 5.41) is 9.72. The number of H-pyrrole nitrogens is 1. The average Bonchev–Trinajstić information content (AvgIpc) is 2.99. The van der Waals surface area contributed by atoms with E-state index in [2.05, 4.69) is 20.5 Å². The molecule has 0 bridgehead atoms. The molecular formula is C13H16ClN5O. The SMILES string of the molecule is Cc1nc(-c2cccc(NC(=O)C3(N)CC3)c2)n[nH]1.Cl. The monoisotopic (exact) mass is 293 g/mol. The van der Waals surface area contributed by atoms with Crippen molar-refractivity contribution in [3.05, 3.63) is 30.1 Å². The van der Waals surface area contributed by atoms with Crippen LogP contribution in [-0.4, -0.2) is 26.6 Å². The van der Waals surface area contributed by atoms with E-state index in [0.29, 0.717) is 11.5 Å². The zero-order valence-corrected chi connectivity index (χ0v) is 11.8. The van der Waals surface area contributed by atoms with E-state index in [1.807, 2.05) is 31.2 Å². The van der Waals surface area contributed by atoms with Gasteiger partial charge in [0.1, 0.15) is 5.82 Å². The van der Waals surface area contributed by atoms with Crippen LogP contribution >= 0.6 is 12.4 Å². The van der Waals surface area contributed by atoms with Crippen LogP contribution in [0.5, 0.6) is 0 Å². The van der Waals surface area contributed by atoms with E-state index >= 15 is 0 Å². The molecule has 0 radical (unpaired) electrons. The lowest BCUT2D eigenvalue weighted by atomic mass is 10.2. The van der Waals surface area contributed by atoms with Crippen molar-refractivity contribution in [3.63, 3.8) is 0 Å². The lowest BCUT2D eigenvalue weighted by Crippen LogP contribution is -2.37. The zero-order valence-electron chi connectivity index (χ0n) is 11.0. The molecule has 1 aliphatic carbocycles. The molecule has 1 aromatic carbocycles. The Morgan fingerprint density at radius 2 is 2.20 bits per heavy atom. The summed E-state index contributed by atoms with van der Waals surface area (Å²) in [6, 6.07) is 7.42. The molecule has 20 heavy (non-hydrogen) atoms. The molecule has 0 aliphatic heterocycles. The first-order chi connectivity index (χ1) is 9.07. The summed E-state index contributed by atoms with van der Waals surface area (Å²) in [4.78, 5) is 16.1. The van der Waals surface area contributed by atoms with E-state index in [1.54, 1.807) is 0 Å². The highest BCUT2D eigenvalue weighted by Gasteiger charge is 2.45. The summed E-state index contributed by atoms with van der Waals surface area (Å²) in [5.74, 6) is 1.24. The van der Waals surface area contributed by atoms with Crippen molar-refractivity contribution < 1.29 is 4.79 Å². The van der Waals surface area contributed by atoms with Gasteiger partial charge in [-0.15, -0.1) is 12.4 Å². The summed E-state index contributed by atoms with van der Waals surface area (Å²) >= 11 is 0. The lowest BCUT2D eigenvalue weighted by molar-refractivity contribution is -0.118. The van der Waals surface area contributed by atoms with Crippen molar-refractivity contribution >= 4 is 24.0 Å². The molecular weight excluding hydrogens is 278 g/mol. The number of benzene rings is 1. The Kier molecular flexibility index (Phi) is 3.78. The molecule has 0 spiro atoms. The third-order valence-electron chi connectivity index (χ3n) is 3.22. The molecule has 0 saturated heterocycles. The van der Waals surface area contributed by atoms with Crippen LogP contribution in [0.15, 0.2) is 24.3 Å². The van der Waals surface area contributed by atoms with Gasteiger partial charge in [0.05, 0.1) is 5.54 Å². The molecule has 1 heterocycles. The third-order valence-corrected chi connectivity index (χ3v) is 3.22. The summed E-state index contributed by atoms with van der Waals surface area (Å²) in [5.41, 5.74) is 6.74. The number of nitrogens with zero attached hydrogens (tertiary/aromatic N) is 2.